The number of nitrogens with zero attached hydrogens (tertiary/aromatic N) is 3. The molecule has 3 rings (SSSR count). The van der Waals surface area contributed by atoms with Gasteiger partial charge in [0.05, 0.1) is 13.2 Å². The van der Waals surface area contributed by atoms with Crippen LogP contribution in [0.5, 0.6) is 0 Å². The molecule has 0 spiro atoms. The first-order valence-corrected chi connectivity index (χ1v) is 8.99. The first kappa shape index (κ1) is 18.1. The molecule has 1 aliphatic heterocycles. The predicted molar refractivity (Wildman–Crippen MR) is 103 cm³/mol. The molecule has 26 heavy (non-hydrogen) atoms. The maximum atomic E-state index is 11.7. The number of hydrogen-bond acceptors (Lipinski definition) is 6. The van der Waals surface area contributed by atoms with Crippen LogP contribution < -0.4 is 15.5 Å². The Bertz CT molecular complexity index is 742. The zero-order valence-electron chi connectivity index (χ0n) is 15.3. The van der Waals surface area contributed by atoms with Crippen LogP contribution in [0.3, 0.4) is 0 Å². The zero-order chi connectivity index (χ0) is 18.4. The quantitative estimate of drug-likeness (QED) is 0.829. The first-order valence-electron chi connectivity index (χ1n) is 8.99. The Morgan fingerprint density at radius 3 is 2.54 bits per heavy atom. The number of aromatic nitrogens is 2. The van der Waals surface area contributed by atoms with Crippen molar-refractivity contribution in [3.8, 4) is 0 Å². The molecule has 0 bridgehead atoms. The SMILES string of the molecule is CCCC(=O)Nc1ccc(Nc2nc(C)cc(N3CCOCC3)n2)cc1. The summed E-state index contributed by atoms with van der Waals surface area (Å²) in [6, 6.07) is 9.54. The lowest BCUT2D eigenvalue weighted by Gasteiger charge is -2.28. The topological polar surface area (TPSA) is 79.4 Å². The Morgan fingerprint density at radius 1 is 1.15 bits per heavy atom. The van der Waals surface area contributed by atoms with Crippen LogP contribution in [0.4, 0.5) is 23.1 Å². The van der Waals surface area contributed by atoms with Crippen molar-refractivity contribution < 1.29 is 9.53 Å². The second-order valence-corrected chi connectivity index (χ2v) is 6.29. The van der Waals surface area contributed by atoms with Gasteiger partial charge in [0.1, 0.15) is 5.82 Å². The molecule has 7 nitrogen and oxygen atoms in total. The molecule has 2 heterocycles. The van der Waals surface area contributed by atoms with E-state index in [1.54, 1.807) is 0 Å². The minimum Gasteiger partial charge on any atom is -0.378 e. The summed E-state index contributed by atoms with van der Waals surface area (Å²) in [5, 5.41) is 6.12. The summed E-state index contributed by atoms with van der Waals surface area (Å²) in [6.07, 6.45) is 1.36. The van der Waals surface area contributed by atoms with Crippen LogP contribution in [0.15, 0.2) is 30.3 Å². The second kappa shape index (κ2) is 8.62. The molecule has 1 saturated heterocycles. The van der Waals surface area contributed by atoms with Crippen molar-refractivity contribution in [2.75, 3.05) is 41.8 Å². The molecule has 1 aliphatic rings. The molecule has 2 N–H and O–H groups in total. The molecule has 0 aliphatic carbocycles. The number of rotatable bonds is 6. The lowest BCUT2D eigenvalue weighted by Crippen LogP contribution is -2.36. The first-order chi connectivity index (χ1) is 12.6. The van der Waals surface area contributed by atoms with E-state index in [-0.39, 0.29) is 5.91 Å². The number of anilines is 4. The van der Waals surface area contributed by atoms with Gasteiger partial charge in [-0.1, -0.05) is 6.92 Å². The summed E-state index contributed by atoms with van der Waals surface area (Å²) in [6.45, 7) is 7.06. The van der Waals surface area contributed by atoms with E-state index in [1.165, 1.54) is 0 Å². The monoisotopic (exact) mass is 355 g/mol. The van der Waals surface area contributed by atoms with Gasteiger partial charge in [0, 0.05) is 42.6 Å². The normalized spacial score (nSPS) is 14.2. The highest BCUT2D eigenvalue weighted by atomic mass is 16.5. The molecule has 0 radical (unpaired) electrons. The molecule has 0 saturated carbocycles. The van der Waals surface area contributed by atoms with Crippen LogP contribution in [-0.2, 0) is 9.53 Å². The minimum atomic E-state index is 0.0328. The number of morpholine rings is 1. The fourth-order valence-corrected chi connectivity index (χ4v) is 2.78. The summed E-state index contributed by atoms with van der Waals surface area (Å²) in [7, 11) is 0. The second-order valence-electron chi connectivity index (χ2n) is 6.29. The number of aryl methyl sites for hydroxylation is 1. The van der Waals surface area contributed by atoms with Gasteiger partial charge in [-0.15, -0.1) is 0 Å². The standard InChI is InChI=1S/C19H25N5O2/c1-3-4-18(25)21-15-5-7-16(8-6-15)22-19-20-14(2)13-17(23-19)24-9-11-26-12-10-24/h5-8,13H,3-4,9-12H2,1-2H3,(H,21,25)(H,20,22,23). The number of ether oxygens (including phenoxy) is 1. The summed E-state index contributed by atoms with van der Waals surface area (Å²) < 4.78 is 5.40. The smallest absolute Gasteiger partial charge is 0.229 e. The average Bonchev–Trinajstić information content (AvgIpc) is 2.64. The molecule has 138 valence electrons. The third-order valence-corrected chi connectivity index (χ3v) is 4.08. The van der Waals surface area contributed by atoms with Crippen molar-refractivity contribution in [3.05, 3.63) is 36.0 Å². The van der Waals surface area contributed by atoms with Gasteiger partial charge in [0.2, 0.25) is 11.9 Å². The van der Waals surface area contributed by atoms with Crippen LogP contribution in [0, 0.1) is 6.92 Å². The summed E-state index contributed by atoms with van der Waals surface area (Å²) in [5.74, 6) is 1.51. The van der Waals surface area contributed by atoms with Crippen molar-refractivity contribution in [2.45, 2.75) is 26.7 Å². The third kappa shape index (κ3) is 4.92. The Labute approximate surface area is 153 Å². The van der Waals surface area contributed by atoms with E-state index in [0.29, 0.717) is 12.4 Å². The third-order valence-electron chi connectivity index (χ3n) is 4.08. The largest absolute Gasteiger partial charge is 0.378 e. The number of nitrogens with one attached hydrogen (secondary N) is 2. The fraction of sp³-hybridized carbons (Fsp3) is 0.421. The minimum absolute atomic E-state index is 0.0328. The van der Waals surface area contributed by atoms with Crippen LogP contribution in [0.25, 0.3) is 0 Å². The highest BCUT2D eigenvalue weighted by molar-refractivity contribution is 5.90. The van der Waals surface area contributed by atoms with Crippen LogP contribution in [-0.4, -0.2) is 42.2 Å². The predicted octanol–water partition coefficient (Wildman–Crippen LogP) is 3.10. The summed E-state index contributed by atoms with van der Waals surface area (Å²) >= 11 is 0. The number of amides is 1. The Kier molecular flexibility index (Phi) is 6.01. The molecule has 1 aromatic carbocycles. The maximum absolute atomic E-state index is 11.7. The maximum Gasteiger partial charge on any atom is 0.229 e. The molecule has 2 aromatic rings. The Morgan fingerprint density at radius 2 is 1.85 bits per heavy atom. The summed E-state index contributed by atoms with van der Waals surface area (Å²) in [4.78, 5) is 23.0. The zero-order valence-corrected chi connectivity index (χ0v) is 15.3. The van der Waals surface area contributed by atoms with E-state index in [0.717, 1.165) is 55.6 Å². The number of carbonyl (C=O) groups excluding carboxylic acids is 1. The van der Waals surface area contributed by atoms with Crippen molar-refractivity contribution >= 4 is 29.0 Å². The van der Waals surface area contributed by atoms with Crippen LogP contribution in [0.1, 0.15) is 25.5 Å². The highest BCUT2D eigenvalue weighted by Gasteiger charge is 2.14. The molecule has 1 fully saturated rings. The van der Waals surface area contributed by atoms with Gasteiger partial charge in [-0.2, -0.15) is 4.98 Å². The highest BCUT2D eigenvalue weighted by Crippen LogP contribution is 2.20. The Balaban J connectivity index is 1.68. The van der Waals surface area contributed by atoms with Crippen molar-refractivity contribution in [1.82, 2.24) is 9.97 Å². The van der Waals surface area contributed by atoms with Gasteiger partial charge < -0.3 is 20.3 Å². The van der Waals surface area contributed by atoms with Gasteiger partial charge >= 0.3 is 0 Å². The van der Waals surface area contributed by atoms with Crippen LogP contribution in [0.2, 0.25) is 0 Å². The molecule has 7 heteroatoms. The van der Waals surface area contributed by atoms with E-state index in [2.05, 4.69) is 25.5 Å². The molecule has 0 atom stereocenters. The van der Waals surface area contributed by atoms with E-state index in [1.807, 2.05) is 44.2 Å². The molecule has 1 aromatic heterocycles. The van der Waals surface area contributed by atoms with E-state index < -0.39 is 0 Å². The molecule has 1 amide bonds. The lowest BCUT2D eigenvalue weighted by molar-refractivity contribution is -0.116. The number of carbonyl (C=O) groups is 1. The summed E-state index contributed by atoms with van der Waals surface area (Å²) in [5.41, 5.74) is 2.57. The van der Waals surface area contributed by atoms with Crippen molar-refractivity contribution in [2.24, 2.45) is 0 Å². The molecular weight excluding hydrogens is 330 g/mol. The van der Waals surface area contributed by atoms with Crippen molar-refractivity contribution in [3.63, 3.8) is 0 Å². The average molecular weight is 355 g/mol. The van der Waals surface area contributed by atoms with E-state index in [9.17, 15) is 4.79 Å². The molecule has 0 unspecified atom stereocenters. The van der Waals surface area contributed by atoms with Crippen molar-refractivity contribution in [1.29, 1.82) is 0 Å². The lowest BCUT2D eigenvalue weighted by atomic mass is 10.2. The molecular formula is C19H25N5O2. The fourth-order valence-electron chi connectivity index (χ4n) is 2.78. The van der Waals surface area contributed by atoms with E-state index >= 15 is 0 Å². The van der Waals surface area contributed by atoms with Crippen LogP contribution >= 0.6 is 0 Å². The van der Waals surface area contributed by atoms with Gasteiger partial charge in [-0.25, -0.2) is 4.98 Å². The van der Waals surface area contributed by atoms with Gasteiger partial charge in [0.15, 0.2) is 0 Å². The van der Waals surface area contributed by atoms with E-state index in [4.69, 9.17) is 4.74 Å². The number of benzene rings is 1. The van der Waals surface area contributed by atoms with Gasteiger partial charge in [0.25, 0.3) is 0 Å². The number of hydrogen-bond donors (Lipinski definition) is 2. The Hall–Kier alpha value is -2.67. The van der Waals surface area contributed by atoms with Gasteiger partial charge in [-0.05, 0) is 37.6 Å². The van der Waals surface area contributed by atoms with Gasteiger partial charge in [-0.3, -0.25) is 4.79 Å².